The second kappa shape index (κ2) is 4.99. The Hall–Kier alpha value is -1.91. The molecule has 2 N–H and O–H groups in total. The van der Waals surface area contributed by atoms with E-state index in [1.807, 2.05) is 0 Å². The van der Waals surface area contributed by atoms with Crippen LogP contribution >= 0.6 is 0 Å². The summed E-state index contributed by atoms with van der Waals surface area (Å²) in [6.45, 7) is 4.10. The van der Waals surface area contributed by atoms with Crippen molar-refractivity contribution in [1.29, 1.82) is 0 Å². The van der Waals surface area contributed by atoms with E-state index in [4.69, 9.17) is 5.73 Å². The molecule has 0 atom stereocenters. The zero-order valence-corrected chi connectivity index (χ0v) is 11.2. The van der Waals surface area contributed by atoms with Crippen LogP contribution in [0.4, 0.5) is 14.6 Å². The van der Waals surface area contributed by atoms with Crippen molar-refractivity contribution in [2.45, 2.75) is 20.3 Å². The zero-order valence-electron chi connectivity index (χ0n) is 11.2. The highest BCUT2D eigenvalue weighted by molar-refractivity contribution is 5.77. The van der Waals surface area contributed by atoms with Crippen LogP contribution in [0.25, 0.3) is 11.1 Å². The highest BCUT2D eigenvalue weighted by Gasteiger charge is 2.19. The first kappa shape index (κ1) is 13.5. The predicted octanol–water partition coefficient (Wildman–Crippen LogP) is 3.15. The molecule has 0 aliphatic carbocycles. The van der Waals surface area contributed by atoms with Gasteiger partial charge in [0, 0.05) is 24.2 Å². The Kier molecular flexibility index (Phi) is 3.55. The molecule has 2 aromatic rings. The van der Waals surface area contributed by atoms with E-state index < -0.39 is 11.6 Å². The Bertz CT molecular complexity index is 603. The Labute approximate surface area is 111 Å². The maximum absolute atomic E-state index is 13.9. The maximum atomic E-state index is 13.9. The average molecular weight is 265 g/mol. The lowest BCUT2D eigenvalue weighted by atomic mass is 9.99. The molecule has 2 rings (SSSR count). The largest absolute Gasteiger partial charge is 0.383 e. The third-order valence-electron chi connectivity index (χ3n) is 2.97. The number of rotatable bonds is 3. The zero-order chi connectivity index (χ0) is 14.2. The van der Waals surface area contributed by atoms with E-state index in [1.165, 1.54) is 16.8 Å². The van der Waals surface area contributed by atoms with Crippen molar-refractivity contribution in [1.82, 2.24) is 9.78 Å². The first-order chi connectivity index (χ1) is 8.90. The number of aryl methyl sites for hydroxylation is 1. The standard InChI is InChI=1S/C14H17F2N3/c1-8(2)6-12-13(14(17)19(3)18-12)10-5-4-9(15)7-11(10)16/h4-5,7-8H,6,17H2,1-3H3. The van der Waals surface area contributed by atoms with E-state index in [2.05, 4.69) is 18.9 Å². The van der Waals surface area contributed by atoms with Crippen LogP contribution in [0, 0.1) is 17.6 Å². The summed E-state index contributed by atoms with van der Waals surface area (Å²) in [6.07, 6.45) is 0.692. The molecule has 102 valence electrons. The molecule has 1 aromatic heterocycles. The minimum atomic E-state index is -0.621. The van der Waals surface area contributed by atoms with Crippen molar-refractivity contribution in [3.8, 4) is 11.1 Å². The van der Waals surface area contributed by atoms with Crippen molar-refractivity contribution in [3.05, 3.63) is 35.5 Å². The van der Waals surface area contributed by atoms with E-state index >= 15 is 0 Å². The van der Waals surface area contributed by atoms with E-state index in [0.717, 1.165) is 11.8 Å². The first-order valence-electron chi connectivity index (χ1n) is 6.17. The van der Waals surface area contributed by atoms with Crippen molar-refractivity contribution >= 4 is 5.82 Å². The Balaban J connectivity index is 2.60. The summed E-state index contributed by atoms with van der Waals surface area (Å²) in [5.41, 5.74) is 7.55. The van der Waals surface area contributed by atoms with Gasteiger partial charge < -0.3 is 5.73 Å². The molecule has 0 saturated carbocycles. The molecule has 5 heteroatoms. The van der Waals surface area contributed by atoms with Gasteiger partial charge in [-0.05, 0) is 24.5 Å². The molecule has 0 unspecified atom stereocenters. The van der Waals surface area contributed by atoms with Crippen LogP contribution in [-0.4, -0.2) is 9.78 Å². The molecule has 19 heavy (non-hydrogen) atoms. The lowest BCUT2D eigenvalue weighted by Crippen LogP contribution is -1.98. The molecule has 0 fully saturated rings. The molecule has 0 saturated heterocycles. The number of nitrogens with zero attached hydrogens (tertiary/aromatic N) is 2. The number of halogens is 2. The average Bonchev–Trinajstić information content (AvgIpc) is 2.55. The molecule has 0 bridgehead atoms. The monoisotopic (exact) mass is 265 g/mol. The number of benzene rings is 1. The van der Waals surface area contributed by atoms with Gasteiger partial charge in [0.1, 0.15) is 17.5 Å². The summed E-state index contributed by atoms with van der Waals surface area (Å²) in [7, 11) is 1.71. The van der Waals surface area contributed by atoms with Gasteiger partial charge in [0.15, 0.2) is 0 Å². The van der Waals surface area contributed by atoms with Crippen molar-refractivity contribution < 1.29 is 8.78 Å². The molecule has 1 aromatic carbocycles. The summed E-state index contributed by atoms with van der Waals surface area (Å²) in [4.78, 5) is 0. The maximum Gasteiger partial charge on any atom is 0.134 e. The van der Waals surface area contributed by atoms with Crippen LogP contribution in [0.2, 0.25) is 0 Å². The van der Waals surface area contributed by atoms with Gasteiger partial charge in [0.2, 0.25) is 0 Å². The molecule has 1 heterocycles. The van der Waals surface area contributed by atoms with Gasteiger partial charge >= 0.3 is 0 Å². The number of nitrogens with two attached hydrogens (primary N) is 1. The number of hydrogen-bond acceptors (Lipinski definition) is 2. The highest BCUT2D eigenvalue weighted by atomic mass is 19.1. The topological polar surface area (TPSA) is 43.8 Å². The molecule has 0 aliphatic heterocycles. The quantitative estimate of drug-likeness (QED) is 0.926. The minimum absolute atomic E-state index is 0.294. The number of nitrogen functional groups attached to an aromatic ring is 1. The fourth-order valence-corrected chi connectivity index (χ4v) is 2.11. The van der Waals surface area contributed by atoms with Gasteiger partial charge in [-0.1, -0.05) is 13.8 Å². The highest BCUT2D eigenvalue weighted by Crippen LogP contribution is 2.32. The minimum Gasteiger partial charge on any atom is -0.383 e. The number of anilines is 1. The predicted molar refractivity (Wildman–Crippen MR) is 71.5 cm³/mol. The number of hydrogen-bond donors (Lipinski definition) is 1. The molecule has 0 aliphatic rings. The van der Waals surface area contributed by atoms with Gasteiger partial charge in [-0.3, -0.25) is 4.68 Å². The molecular weight excluding hydrogens is 248 g/mol. The van der Waals surface area contributed by atoms with E-state index in [-0.39, 0.29) is 0 Å². The molecule has 0 radical (unpaired) electrons. The van der Waals surface area contributed by atoms with Crippen LogP contribution < -0.4 is 5.73 Å². The van der Waals surface area contributed by atoms with Crippen LogP contribution in [-0.2, 0) is 13.5 Å². The van der Waals surface area contributed by atoms with E-state index in [1.54, 1.807) is 7.05 Å². The van der Waals surface area contributed by atoms with E-state index in [9.17, 15) is 8.78 Å². The summed E-state index contributed by atoms with van der Waals surface area (Å²) in [5, 5.41) is 4.32. The normalized spacial score (nSPS) is 11.3. The third-order valence-corrected chi connectivity index (χ3v) is 2.97. The number of aromatic nitrogens is 2. The van der Waals surface area contributed by atoms with Crippen LogP contribution in [0.5, 0.6) is 0 Å². The second-order valence-corrected chi connectivity index (χ2v) is 5.05. The summed E-state index contributed by atoms with van der Waals surface area (Å²) >= 11 is 0. The van der Waals surface area contributed by atoms with Crippen LogP contribution in [0.3, 0.4) is 0 Å². The van der Waals surface area contributed by atoms with Crippen LogP contribution in [0.15, 0.2) is 18.2 Å². The SMILES string of the molecule is CC(C)Cc1nn(C)c(N)c1-c1ccc(F)cc1F. The van der Waals surface area contributed by atoms with Crippen molar-refractivity contribution in [2.24, 2.45) is 13.0 Å². The Morgan fingerprint density at radius 2 is 2.00 bits per heavy atom. The summed E-state index contributed by atoms with van der Waals surface area (Å²) in [5.74, 6) is -0.462. The molecule has 0 spiro atoms. The molecule has 3 nitrogen and oxygen atoms in total. The van der Waals surface area contributed by atoms with E-state index in [0.29, 0.717) is 29.3 Å². The fraction of sp³-hybridized carbons (Fsp3) is 0.357. The first-order valence-corrected chi connectivity index (χ1v) is 6.17. The second-order valence-electron chi connectivity index (χ2n) is 5.05. The van der Waals surface area contributed by atoms with Gasteiger partial charge in [-0.2, -0.15) is 5.10 Å². The Morgan fingerprint density at radius 1 is 1.32 bits per heavy atom. The Morgan fingerprint density at radius 3 is 2.58 bits per heavy atom. The summed E-state index contributed by atoms with van der Waals surface area (Å²) in [6, 6.07) is 3.49. The smallest absolute Gasteiger partial charge is 0.134 e. The third kappa shape index (κ3) is 2.59. The van der Waals surface area contributed by atoms with Gasteiger partial charge in [0.25, 0.3) is 0 Å². The fourth-order valence-electron chi connectivity index (χ4n) is 2.11. The van der Waals surface area contributed by atoms with Crippen molar-refractivity contribution in [3.63, 3.8) is 0 Å². The van der Waals surface area contributed by atoms with Gasteiger partial charge in [-0.15, -0.1) is 0 Å². The van der Waals surface area contributed by atoms with Gasteiger partial charge in [-0.25, -0.2) is 8.78 Å². The van der Waals surface area contributed by atoms with Gasteiger partial charge in [0.05, 0.1) is 5.69 Å². The lowest BCUT2D eigenvalue weighted by molar-refractivity contribution is 0.585. The molecule has 0 amide bonds. The molecular formula is C14H17F2N3. The summed E-state index contributed by atoms with van der Waals surface area (Å²) < 4.78 is 28.4. The van der Waals surface area contributed by atoms with Crippen molar-refractivity contribution in [2.75, 3.05) is 5.73 Å². The van der Waals surface area contributed by atoms with Crippen LogP contribution in [0.1, 0.15) is 19.5 Å². The lowest BCUT2D eigenvalue weighted by Gasteiger charge is -2.07.